The van der Waals surface area contributed by atoms with E-state index in [1.807, 2.05) is 42.5 Å². The predicted octanol–water partition coefficient (Wildman–Crippen LogP) is 5.38. The Morgan fingerprint density at radius 1 is 1.17 bits per heavy atom. The van der Waals surface area contributed by atoms with Crippen molar-refractivity contribution >= 4 is 29.1 Å². The maximum Gasteiger partial charge on any atom is 0.192 e. The van der Waals surface area contributed by atoms with E-state index in [-0.39, 0.29) is 5.78 Å². The van der Waals surface area contributed by atoms with Crippen LogP contribution in [0.1, 0.15) is 47.6 Å². The van der Waals surface area contributed by atoms with Crippen LogP contribution in [-0.4, -0.2) is 26.3 Å². The van der Waals surface area contributed by atoms with E-state index in [1.165, 1.54) is 17.3 Å². The first-order valence-corrected chi connectivity index (χ1v) is 11.1. The second kappa shape index (κ2) is 9.01. The largest absolute Gasteiger partial charge is 0.484 e. The number of Topliss-reactive ketones (excluding diaryl/α,β-unsaturated/α-hetero) is 1. The smallest absolute Gasteiger partial charge is 0.192 e. The van der Waals surface area contributed by atoms with Crippen LogP contribution in [0.5, 0.6) is 5.75 Å². The molecular weight excluding hydrogens is 406 g/mol. The molecule has 0 unspecified atom stereocenters. The lowest BCUT2D eigenvalue weighted by Crippen LogP contribution is -2.08. The number of rotatable bonds is 9. The van der Waals surface area contributed by atoms with Crippen molar-refractivity contribution in [2.45, 2.75) is 44.0 Å². The summed E-state index contributed by atoms with van der Waals surface area (Å²) < 4.78 is 7.95. The average molecular weight is 428 g/mol. The van der Waals surface area contributed by atoms with E-state index >= 15 is 0 Å². The van der Waals surface area contributed by atoms with Gasteiger partial charge in [-0.2, -0.15) is 0 Å². The molecule has 1 heterocycles. The van der Waals surface area contributed by atoms with Gasteiger partial charge >= 0.3 is 0 Å². The molecule has 1 aromatic heterocycles. The number of aryl methyl sites for hydroxylation is 1. The number of hydrogen-bond donors (Lipinski definition) is 0. The number of thioether (sulfide) groups is 1. The number of benzene rings is 2. The molecule has 7 heteroatoms. The van der Waals surface area contributed by atoms with Crippen LogP contribution in [0.25, 0.3) is 0 Å². The van der Waals surface area contributed by atoms with Gasteiger partial charge in [0.2, 0.25) is 0 Å². The zero-order chi connectivity index (χ0) is 20.2. The highest BCUT2D eigenvalue weighted by Gasteiger charge is 2.30. The monoisotopic (exact) mass is 427 g/mol. The van der Waals surface area contributed by atoms with Crippen LogP contribution in [0.2, 0.25) is 5.02 Å². The van der Waals surface area contributed by atoms with Crippen molar-refractivity contribution in [3.05, 3.63) is 70.5 Å². The molecule has 0 atom stereocenters. The first-order chi connectivity index (χ1) is 14.2. The number of ketones is 1. The Kier molecular flexibility index (Phi) is 6.21. The normalized spacial score (nSPS) is 13.4. The molecule has 5 nitrogen and oxygen atoms in total. The minimum Gasteiger partial charge on any atom is -0.484 e. The van der Waals surface area contributed by atoms with Gasteiger partial charge in [-0.1, -0.05) is 66.7 Å². The van der Waals surface area contributed by atoms with Gasteiger partial charge in [-0.15, -0.1) is 10.2 Å². The van der Waals surface area contributed by atoms with Gasteiger partial charge < -0.3 is 4.74 Å². The molecule has 1 aliphatic rings. The van der Waals surface area contributed by atoms with E-state index < -0.39 is 0 Å². The van der Waals surface area contributed by atoms with Crippen molar-refractivity contribution < 1.29 is 9.53 Å². The molecule has 1 fully saturated rings. The zero-order valence-corrected chi connectivity index (χ0v) is 17.7. The van der Waals surface area contributed by atoms with Crippen LogP contribution < -0.4 is 4.74 Å². The highest BCUT2D eigenvalue weighted by molar-refractivity contribution is 7.99. The fraction of sp³-hybridized carbons (Fsp3) is 0.318. The van der Waals surface area contributed by atoms with Gasteiger partial charge in [-0.3, -0.25) is 9.36 Å². The lowest BCUT2D eigenvalue weighted by Gasteiger charge is -2.10. The summed E-state index contributed by atoms with van der Waals surface area (Å²) in [6.07, 6.45) is 3.15. The highest BCUT2D eigenvalue weighted by atomic mass is 35.5. The summed E-state index contributed by atoms with van der Waals surface area (Å²) in [5.74, 6) is 1.81. The second-order valence-corrected chi connectivity index (χ2v) is 8.33. The molecule has 0 aliphatic heterocycles. The molecule has 0 amide bonds. The fourth-order valence-electron chi connectivity index (χ4n) is 3.05. The number of carbonyl (C=O) groups is 1. The summed E-state index contributed by atoms with van der Waals surface area (Å²) in [5, 5.41) is 9.96. The molecule has 29 heavy (non-hydrogen) atoms. The Hall–Kier alpha value is -2.31. The zero-order valence-electron chi connectivity index (χ0n) is 16.2. The maximum atomic E-state index is 12.6. The molecular formula is C22H22ClN3O2S. The molecule has 4 rings (SSSR count). The lowest BCUT2D eigenvalue weighted by atomic mass is 10.1. The Morgan fingerprint density at radius 3 is 2.62 bits per heavy atom. The van der Waals surface area contributed by atoms with Crippen LogP contribution >= 0.6 is 23.4 Å². The lowest BCUT2D eigenvalue weighted by molar-refractivity contribution is 0.102. The fourth-order valence-corrected chi connectivity index (χ4v) is 4.16. The summed E-state index contributed by atoms with van der Waals surface area (Å²) in [5.41, 5.74) is 1.96. The molecule has 1 saturated carbocycles. The topological polar surface area (TPSA) is 57.0 Å². The van der Waals surface area contributed by atoms with Gasteiger partial charge in [-0.25, -0.2) is 0 Å². The van der Waals surface area contributed by atoms with Crippen molar-refractivity contribution in [1.29, 1.82) is 0 Å². The van der Waals surface area contributed by atoms with Gasteiger partial charge in [0.05, 0.1) is 10.8 Å². The van der Waals surface area contributed by atoms with E-state index in [2.05, 4.69) is 21.7 Å². The minimum absolute atomic E-state index is 0.0943. The number of halogens is 1. The summed E-state index contributed by atoms with van der Waals surface area (Å²) in [7, 11) is 0. The highest BCUT2D eigenvalue weighted by Crippen LogP contribution is 2.39. The first-order valence-electron chi connectivity index (χ1n) is 9.71. The molecule has 0 spiro atoms. The Balaban J connectivity index is 1.42. The minimum atomic E-state index is 0.0943. The van der Waals surface area contributed by atoms with Crippen LogP contribution in [0.4, 0.5) is 0 Å². The summed E-state index contributed by atoms with van der Waals surface area (Å²) in [6.45, 7) is 2.39. The maximum absolute atomic E-state index is 12.6. The Labute approximate surface area is 179 Å². The van der Waals surface area contributed by atoms with E-state index in [1.54, 1.807) is 6.07 Å². The second-order valence-electron chi connectivity index (χ2n) is 6.98. The average Bonchev–Trinajstić information content (AvgIpc) is 3.51. The first kappa shape index (κ1) is 20.0. The van der Waals surface area contributed by atoms with Gasteiger partial charge in [0.25, 0.3) is 0 Å². The van der Waals surface area contributed by atoms with Crippen LogP contribution in [-0.2, 0) is 13.0 Å². The molecule has 1 aliphatic carbocycles. The summed E-state index contributed by atoms with van der Waals surface area (Å²) in [4.78, 5) is 12.6. The standard InChI is InChI=1S/C22H22ClN3O2S/c1-2-15-7-9-16(10-8-15)19(27)14-29-22-25-24-21(26(22)17-11-12-17)13-28-20-6-4-3-5-18(20)23/h3-10,17H,2,11-14H2,1H3. The number of ether oxygens (including phenoxy) is 1. The predicted molar refractivity (Wildman–Crippen MR) is 115 cm³/mol. The van der Waals surface area contributed by atoms with Crippen LogP contribution in [0, 0.1) is 0 Å². The van der Waals surface area contributed by atoms with Crippen molar-refractivity contribution in [2.24, 2.45) is 0 Å². The Bertz CT molecular complexity index is 1000. The third-order valence-electron chi connectivity index (χ3n) is 4.86. The molecule has 0 saturated heterocycles. The summed E-state index contributed by atoms with van der Waals surface area (Å²) >= 11 is 7.59. The number of aromatic nitrogens is 3. The molecule has 150 valence electrons. The third kappa shape index (κ3) is 4.82. The molecule has 0 radical (unpaired) electrons. The number of nitrogens with zero attached hydrogens (tertiary/aromatic N) is 3. The van der Waals surface area contributed by atoms with E-state index in [4.69, 9.17) is 16.3 Å². The van der Waals surface area contributed by atoms with Crippen LogP contribution in [0.15, 0.2) is 53.7 Å². The molecule has 3 aromatic rings. The van der Waals surface area contributed by atoms with Gasteiger partial charge in [0.15, 0.2) is 16.8 Å². The van der Waals surface area contributed by atoms with Gasteiger partial charge in [0, 0.05) is 11.6 Å². The molecule has 0 N–H and O–H groups in total. The molecule has 0 bridgehead atoms. The van der Waals surface area contributed by atoms with E-state index in [9.17, 15) is 4.79 Å². The Morgan fingerprint density at radius 2 is 1.93 bits per heavy atom. The SMILES string of the molecule is CCc1ccc(C(=O)CSc2nnc(COc3ccccc3Cl)n2C2CC2)cc1. The number of para-hydroxylation sites is 1. The van der Waals surface area contributed by atoms with Crippen molar-refractivity contribution in [3.63, 3.8) is 0 Å². The van der Waals surface area contributed by atoms with Crippen molar-refractivity contribution in [1.82, 2.24) is 14.8 Å². The van der Waals surface area contributed by atoms with Crippen LogP contribution in [0.3, 0.4) is 0 Å². The third-order valence-corrected chi connectivity index (χ3v) is 6.11. The van der Waals surface area contributed by atoms with Crippen molar-refractivity contribution in [2.75, 3.05) is 5.75 Å². The van der Waals surface area contributed by atoms with Crippen molar-refractivity contribution in [3.8, 4) is 5.75 Å². The summed E-state index contributed by atoms with van der Waals surface area (Å²) in [6, 6.07) is 15.6. The van der Waals surface area contributed by atoms with Gasteiger partial charge in [0.1, 0.15) is 12.4 Å². The molecule has 2 aromatic carbocycles. The quantitative estimate of drug-likeness (QED) is 0.339. The van der Waals surface area contributed by atoms with E-state index in [0.29, 0.717) is 29.2 Å². The van der Waals surface area contributed by atoms with Gasteiger partial charge in [-0.05, 0) is 37.0 Å². The van der Waals surface area contributed by atoms with E-state index in [0.717, 1.165) is 35.8 Å². The number of hydrogen-bond acceptors (Lipinski definition) is 5. The number of carbonyl (C=O) groups excluding carboxylic acids is 1.